The average molecular weight is 139 g/mol. The highest BCUT2D eigenvalue weighted by Crippen LogP contribution is 2.00. The Morgan fingerprint density at radius 1 is 1.60 bits per heavy atom. The maximum absolute atomic E-state index is 8.08. The zero-order chi connectivity index (χ0) is 7.82. The van der Waals surface area contributed by atoms with Gasteiger partial charge in [-0.25, -0.2) is 0 Å². The van der Waals surface area contributed by atoms with Crippen molar-refractivity contribution in [1.82, 2.24) is 0 Å². The van der Waals surface area contributed by atoms with Crippen molar-refractivity contribution in [3.8, 4) is 0 Å². The van der Waals surface area contributed by atoms with E-state index >= 15 is 0 Å². The van der Waals surface area contributed by atoms with Gasteiger partial charge >= 0.3 is 0 Å². The monoisotopic (exact) mass is 139 g/mol. The van der Waals surface area contributed by atoms with Crippen LogP contribution in [0.15, 0.2) is 29.0 Å². The number of nitrogens with zero attached hydrogens (tertiary/aromatic N) is 1. The van der Waals surface area contributed by atoms with Crippen LogP contribution in [0.1, 0.15) is 20.3 Å². The number of rotatable bonds is 3. The summed E-state index contributed by atoms with van der Waals surface area (Å²) in [6.45, 7) is 4.01. The SMILES string of the molecule is C\C=C/C(=C\C=N\O)CC. The largest absolute Gasteiger partial charge is 0.411 e. The Balaban J connectivity index is 4.04. The molecule has 0 amide bonds. The van der Waals surface area contributed by atoms with Crippen molar-refractivity contribution in [1.29, 1.82) is 0 Å². The van der Waals surface area contributed by atoms with Gasteiger partial charge < -0.3 is 5.21 Å². The van der Waals surface area contributed by atoms with Crippen LogP contribution in [-0.4, -0.2) is 11.4 Å². The number of allylic oxidation sites excluding steroid dienone is 4. The molecule has 0 saturated heterocycles. The molecule has 0 aromatic rings. The molecule has 56 valence electrons. The molecule has 1 N–H and O–H groups in total. The van der Waals surface area contributed by atoms with E-state index in [-0.39, 0.29) is 0 Å². The van der Waals surface area contributed by atoms with E-state index in [1.165, 1.54) is 6.21 Å². The van der Waals surface area contributed by atoms with Gasteiger partial charge in [0.05, 0.1) is 6.21 Å². The van der Waals surface area contributed by atoms with Crippen LogP contribution in [0.3, 0.4) is 0 Å². The topological polar surface area (TPSA) is 32.6 Å². The van der Waals surface area contributed by atoms with Crippen molar-refractivity contribution in [3.63, 3.8) is 0 Å². The molecule has 0 aromatic carbocycles. The lowest BCUT2D eigenvalue weighted by molar-refractivity contribution is 0.322. The molecular weight excluding hydrogens is 126 g/mol. The molecule has 0 fully saturated rings. The normalized spacial score (nSPS) is 13.6. The van der Waals surface area contributed by atoms with Crippen LogP contribution in [0.5, 0.6) is 0 Å². The molecule has 0 radical (unpaired) electrons. The van der Waals surface area contributed by atoms with Gasteiger partial charge in [-0.2, -0.15) is 0 Å². The summed E-state index contributed by atoms with van der Waals surface area (Å²) in [5, 5.41) is 11.0. The van der Waals surface area contributed by atoms with E-state index in [1.807, 2.05) is 19.1 Å². The minimum atomic E-state index is 0.955. The summed E-state index contributed by atoms with van der Waals surface area (Å²) < 4.78 is 0. The van der Waals surface area contributed by atoms with Gasteiger partial charge in [-0.15, -0.1) is 0 Å². The van der Waals surface area contributed by atoms with Crippen molar-refractivity contribution >= 4 is 6.21 Å². The summed E-state index contributed by atoms with van der Waals surface area (Å²) in [5.41, 5.74) is 1.15. The molecule has 0 atom stereocenters. The average Bonchev–Trinajstić information content (AvgIpc) is 1.98. The predicted molar refractivity (Wildman–Crippen MR) is 43.5 cm³/mol. The zero-order valence-corrected chi connectivity index (χ0v) is 6.41. The first-order valence-corrected chi connectivity index (χ1v) is 3.34. The van der Waals surface area contributed by atoms with E-state index in [9.17, 15) is 0 Å². The van der Waals surface area contributed by atoms with E-state index in [1.54, 1.807) is 6.08 Å². The quantitative estimate of drug-likeness (QED) is 0.277. The van der Waals surface area contributed by atoms with Crippen molar-refractivity contribution in [2.24, 2.45) is 5.16 Å². The van der Waals surface area contributed by atoms with Crippen LogP contribution in [0.25, 0.3) is 0 Å². The fraction of sp³-hybridized carbons (Fsp3) is 0.375. The lowest BCUT2D eigenvalue weighted by atomic mass is 10.2. The first kappa shape index (κ1) is 8.95. The van der Waals surface area contributed by atoms with Crippen LogP contribution in [0.2, 0.25) is 0 Å². The zero-order valence-electron chi connectivity index (χ0n) is 6.41. The second kappa shape index (κ2) is 6.08. The molecule has 0 rings (SSSR count). The van der Waals surface area contributed by atoms with Crippen molar-refractivity contribution in [2.45, 2.75) is 20.3 Å². The van der Waals surface area contributed by atoms with Gasteiger partial charge in [0, 0.05) is 0 Å². The van der Waals surface area contributed by atoms with E-state index in [2.05, 4.69) is 12.1 Å². The summed E-state index contributed by atoms with van der Waals surface area (Å²) >= 11 is 0. The third-order valence-electron chi connectivity index (χ3n) is 1.14. The highest BCUT2D eigenvalue weighted by atomic mass is 16.4. The van der Waals surface area contributed by atoms with Crippen LogP contribution in [0, 0.1) is 0 Å². The molecule has 0 heterocycles. The first-order chi connectivity index (χ1) is 4.85. The summed E-state index contributed by atoms with van der Waals surface area (Å²) in [7, 11) is 0. The number of hydrogen-bond donors (Lipinski definition) is 1. The van der Waals surface area contributed by atoms with E-state index in [0.717, 1.165) is 12.0 Å². The minimum Gasteiger partial charge on any atom is -0.411 e. The second-order valence-electron chi connectivity index (χ2n) is 1.86. The lowest BCUT2D eigenvalue weighted by Gasteiger charge is -1.90. The molecule has 0 unspecified atom stereocenters. The molecule has 2 heteroatoms. The molecule has 0 saturated carbocycles. The molecule has 0 spiro atoms. The summed E-state index contributed by atoms with van der Waals surface area (Å²) in [6, 6.07) is 0. The molecule has 0 aliphatic heterocycles. The summed E-state index contributed by atoms with van der Waals surface area (Å²) in [5.74, 6) is 0. The van der Waals surface area contributed by atoms with Crippen LogP contribution >= 0.6 is 0 Å². The summed E-state index contributed by atoms with van der Waals surface area (Å²) in [4.78, 5) is 0. The maximum atomic E-state index is 8.08. The molecule has 0 bridgehead atoms. The van der Waals surface area contributed by atoms with Crippen molar-refractivity contribution < 1.29 is 5.21 Å². The Morgan fingerprint density at radius 2 is 2.30 bits per heavy atom. The maximum Gasteiger partial charge on any atom is 0.0664 e. The van der Waals surface area contributed by atoms with E-state index in [4.69, 9.17) is 5.21 Å². The van der Waals surface area contributed by atoms with Gasteiger partial charge in [-0.05, 0) is 25.0 Å². The number of hydrogen-bond acceptors (Lipinski definition) is 2. The third kappa shape index (κ3) is 3.89. The Morgan fingerprint density at radius 3 is 2.70 bits per heavy atom. The molecule has 0 aliphatic carbocycles. The van der Waals surface area contributed by atoms with Crippen molar-refractivity contribution in [3.05, 3.63) is 23.8 Å². The Kier molecular flexibility index (Phi) is 5.44. The van der Waals surface area contributed by atoms with E-state index < -0.39 is 0 Å². The fourth-order valence-corrected chi connectivity index (χ4v) is 0.634. The van der Waals surface area contributed by atoms with Gasteiger partial charge in [0.2, 0.25) is 0 Å². The molecule has 0 aliphatic rings. The highest BCUT2D eigenvalue weighted by molar-refractivity contribution is 5.72. The van der Waals surface area contributed by atoms with Gasteiger partial charge in [-0.1, -0.05) is 24.2 Å². The Bertz CT molecular complexity index is 157. The van der Waals surface area contributed by atoms with Gasteiger partial charge in [0.15, 0.2) is 0 Å². The third-order valence-corrected chi connectivity index (χ3v) is 1.14. The summed E-state index contributed by atoms with van der Waals surface area (Å²) in [6.07, 6.45) is 8.05. The van der Waals surface area contributed by atoms with Gasteiger partial charge in [0.1, 0.15) is 0 Å². The molecule has 10 heavy (non-hydrogen) atoms. The van der Waals surface area contributed by atoms with Gasteiger partial charge in [-0.3, -0.25) is 0 Å². The van der Waals surface area contributed by atoms with Crippen LogP contribution < -0.4 is 0 Å². The number of oxime groups is 1. The van der Waals surface area contributed by atoms with Crippen molar-refractivity contribution in [2.75, 3.05) is 0 Å². The molecule has 2 nitrogen and oxygen atoms in total. The molecular formula is C8H13NO. The predicted octanol–water partition coefficient (Wildman–Crippen LogP) is 2.36. The Hall–Kier alpha value is -1.05. The van der Waals surface area contributed by atoms with E-state index in [0.29, 0.717) is 0 Å². The Labute approximate surface area is 61.6 Å². The lowest BCUT2D eigenvalue weighted by Crippen LogP contribution is -1.75. The highest BCUT2D eigenvalue weighted by Gasteiger charge is 1.82. The molecule has 0 aromatic heterocycles. The van der Waals surface area contributed by atoms with Gasteiger partial charge in [0.25, 0.3) is 0 Å². The smallest absolute Gasteiger partial charge is 0.0664 e. The second-order valence-corrected chi connectivity index (χ2v) is 1.86. The van der Waals surface area contributed by atoms with Crippen LogP contribution in [-0.2, 0) is 0 Å². The fourth-order valence-electron chi connectivity index (χ4n) is 0.634. The minimum absolute atomic E-state index is 0.955. The first-order valence-electron chi connectivity index (χ1n) is 3.34. The standard InChI is InChI=1S/C8H13NO/c1-3-5-8(4-2)6-7-9-10/h3,5-7,10H,4H2,1-2H3/b5-3-,8-6-,9-7+. The van der Waals surface area contributed by atoms with Crippen LogP contribution in [0.4, 0.5) is 0 Å².